The van der Waals surface area contributed by atoms with Gasteiger partial charge in [0.15, 0.2) is 5.82 Å². The number of nitrogen functional groups attached to an aromatic ring is 1. The van der Waals surface area contributed by atoms with E-state index in [1.165, 1.54) is 0 Å². The second kappa shape index (κ2) is 5.07. The lowest BCUT2D eigenvalue weighted by Gasteiger charge is -2.19. The lowest BCUT2D eigenvalue weighted by Crippen LogP contribution is -2.19. The van der Waals surface area contributed by atoms with Crippen LogP contribution in [0.15, 0.2) is 6.33 Å². The molecule has 0 fully saturated rings. The highest BCUT2D eigenvalue weighted by atomic mass is 15.3. The average Bonchev–Trinajstić information content (AvgIpc) is 2.75. The number of aryl methyl sites for hydroxylation is 1. The summed E-state index contributed by atoms with van der Waals surface area (Å²) in [7, 11) is 1.84. The van der Waals surface area contributed by atoms with E-state index < -0.39 is 0 Å². The molecule has 0 atom stereocenters. The zero-order valence-electron chi connectivity index (χ0n) is 12.6. The van der Waals surface area contributed by atoms with Crippen LogP contribution in [0.3, 0.4) is 0 Å². The second-order valence-electron chi connectivity index (χ2n) is 5.84. The Balaban J connectivity index is 2.24. The summed E-state index contributed by atoms with van der Waals surface area (Å²) < 4.78 is 1.67. The van der Waals surface area contributed by atoms with E-state index >= 15 is 0 Å². The maximum Gasteiger partial charge on any atom is 0.169 e. The molecule has 0 aromatic carbocycles. The van der Waals surface area contributed by atoms with Crippen LogP contribution >= 0.6 is 0 Å². The van der Waals surface area contributed by atoms with E-state index in [2.05, 4.69) is 46.1 Å². The van der Waals surface area contributed by atoms with Crippen molar-refractivity contribution >= 4 is 11.6 Å². The van der Waals surface area contributed by atoms with Gasteiger partial charge < -0.3 is 11.1 Å². The van der Waals surface area contributed by atoms with Crippen molar-refractivity contribution in [2.45, 2.75) is 39.7 Å². The van der Waals surface area contributed by atoms with E-state index in [0.717, 1.165) is 17.2 Å². The van der Waals surface area contributed by atoms with Crippen LogP contribution < -0.4 is 11.1 Å². The molecule has 3 N–H and O–H groups in total. The molecular formula is C13H21N7. The topological polar surface area (TPSA) is 94.5 Å². The van der Waals surface area contributed by atoms with Crippen LogP contribution in [0.5, 0.6) is 0 Å². The Labute approximate surface area is 118 Å². The summed E-state index contributed by atoms with van der Waals surface area (Å²) in [6.07, 6.45) is 1.67. The van der Waals surface area contributed by atoms with Gasteiger partial charge in [0.25, 0.3) is 0 Å². The maximum absolute atomic E-state index is 5.96. The molecule has 0 aliphatic carbocycles. The molecule has 0 radical (unpaired) electrons. The van der Waals surface area contributed by atoms with Crippen LogP contribution in [0.4, 0.5) is 11.6 Å². The van der Waals surface area contributed by atoms with Crippen molar-refractivity contribution in [1.29, 1.82) is 0 Å². The molecule has 0 aliphatic heterocycles. The minimum atomic E-state index is -0.151. The summed E-state index contributed by atoms with van der Waals surface area (Å²) in [5.74, 6) is 2.66. The van der Waals surface area contributed by atoms with Crippen molar-refractivity contribution in [2.75, 3.05) is 11.1 Å². The molecule has 2 aromatic rings. The van der Waals surface area contributed by atoms with Crippen molar-refractivity contribution < 1.29 is 0 Å². The zero-order chi connectivity index (χ0) is 14.9. The molecule has 2 aromatic heterocycles. The summed E-state index contributed by atoms with van der Waals surface area (Å²) in [4.78, 5) is 13.1. The van der Waals surface area contributed by atoms with Crippen molar-refractivity contribution in [3.8, 4) is 0 Å². The van der Waals surface area contributed by atoms with Crippen LogP contribution in [0.2, 0.25) is 0 Å². The largest absolute Gasteiger partial charge is 0.383 e. The predicted molar refractivity (Wildman–Crippen MR) is 78.2 cm³/mol. The van der Waals surface area contributed by atoms with Crippen LogP contribution in [-0.4, -0.2) is 24.7 Å². The Morgan fingerprint density at radius 1 is 1.30 bits per heavy atom. The molecule has 2 heterocycles. The molecule has 108 valence electrons. The third-order valence-corrected chi connectivity index (χ3v) is 2.92. The number of rotatable bonds is 3. The molecule has 0 spiro atoms. The molecule has 7 heteroatoms. The third kappa shape index (κ3) is 3.04. The highest BCUT2D eigenvalue weighted by molar-refractivity contribution is 5.55. The number of nitrogens with one attached hydrogen (secondary N) is 1. The van der Waals surface area contributed by atoms with E-state index in [0.29, 0.717) is 18.2 Å². The molecule has 0 saturated carbocycles. The van der Waals surface area contributed by atoms with Crippen molar-refractivity contribution in [1.82, 2.24) is 24.7 Å². The maximum atomic E-state index is 5.96. The first kappa shape index (κ1) is 14.2. The van der Waals surface area contributed by atoms with Gasteiger partial charge in [-0.25, -0.2) is 15.0 Å². The fourth-order valence-corrected chi connectivity index (χ4v) is 1.67. The van der Waals surface area contributed by atoms with Gasteiger partial charge in [0.2, 0.25) is 0 Å². The molecule has 2 rings (SSSR count). The molecule has 0 unspecified atom stereocenters. The first-order chi connectivity index (χ1) is 9.27. The van der Waals surface area contributed by atoms with Crippen molar-refractivity contribution in [3.63, 3.8) is 0 Å². The predicted octanol–water partition coefficient (Wildman–Crippen LogP) is 1.41. The number of aromatic nitrogens is 5. The van der Waals surface area contributed by atoms with Gasteiger partial charge in [-0.2, -0.15) is 5.10 Å². The van der Waals surface area contributed by atoms with Gasteiger partial charge in [-0.05, 0) is 6.92 Å². The standard InChI is InChI=1S/C13H21N7/c1-8-10(14)17-12(13(2,3)4)18-11(8)15-6-9-16-7-20(5)19-9/h7H,6H2,1-5H3,(H3,14,15,17,18). The second-order valence-corrected chi connectivity index (χ2v) is 5.84. The molecule has 0 amide bonds. The van der Waals surface area contributed by atoms with Gasteiger partial charge in [-0.3, -0.25) is 4.68 Å². The summed E-state index contributed by atoms with van der Waals surface area (Å²) in [5, 5.41) is 7.44. The van der Waals surface area contributed by atoms with Gasteiger partial charge in [-0.15, -0.1) is 0 Å². The minimum absolute atomic E-state index is 0.151. The number of hydrogen-bond donors (Lipinski definition) is 2. The van der Waals surface area contributed by atoms with Crippen molar-refractivity contribution in [2.24, 2.45) is 7.05 Å². The number of hydrogen-bond acceptors (Lipinski definition) is 6. The Morgan fingerprint density at radius 3 is 2.55 bits per heavy atom. The lowest BCUT2D eigenvalue weighted by molar-refractivity contribution is 0.546. The van der Waals surface area contributed by atoms with Gasteiger partial charge in [0.1, 0.15) is 23.8 Å². The smallest absolute Gasteiger partial charge is 0.169 e. The molecule has 7 nitrogen and oxygen atoms in total. The molecule has 20 heavy (non-hydrogen) atoms. The fourth-order valence-electron chi connectivity index (χ4n) is 1.67. The lowest BCUT2D eigenvalue weighted by atomic mass is 9.95. The SMILES string of the molecule is Cc1c(N)nc(C(C)(C)C)nc1NCc1ncn(C)n1. The van der Waals surface area contributed by atoms with E-state index in [1.807, 2.05) is 14.0 Å². The number of nitrogens with zero attached hydrogens (tertiary/aromatic N) is 5. The van der Waals surface area contributed by atoms with Crippen LogP contribution in [0.25, 0.3) is 0 Å². The molecule has 0 bridgehead atoms. The van der Waals surface area contributed by atoms with Crippen LogP contribution in [0, 0.1) is 6.92 Å². The van der Waals surface area contributed by atoms with Crippen molar-refractivity contribution in [3.05, 3.63) is 23.5 Å². The quantitative estimate of drug-likeness (QED) is 0.879. The van der Waals surface area contributed by atoms with E-state index in [4.69, 9.17) is 5.73 Å². The Hall–Kier alpha value is -2.18. The fraction of sp³-hybridized carbons (Fsp3) is 0.538. The monoisotopic (exact) mass is 275 g/mol. The summed E-state index contributed by atoms with van der Waals surface area (Å²) >= 11 is 0. The minimum Gasteiger partial charge on any atom is -0.383 e. The molecule has 0 aliphatic rings. The summed E-state index contributed by atoms with van der Waals surface area (Å²) in [6.45, 7) is 8.57. The highest BCUT2D eigenvalue weighted by Gasteiger charge is 2.20. The van der Waals surface area contributed by atoms with Gasteiger partial charge >= 0.3 is 0 Å². The van der Waals surface area contributed by atoms with Crippen LogP contribution in [0.1, 0.15) is 38.0 Å². The van der Waals surface area contributed by atoms with Gasteiger partial charge in [0.05, 0.1) is 6.54 Å². The van der Waals surface area contributed by atoms with Crippen LogP contribution in [-0.2, 0) is 19.0 Å². The summed E-state index contributed by atoms with van der Waals surface area (Å²) in [5.41, 5.74) is 6.66. The Morgan fingerprint density at radius 2 is 2.00 bits per heavy atom. The molecular weight excluding hydrogens is 254 g/mol. The number of nitrogens with two attached hydrogens (primary N) is 1. The number of anilines is 2. The van der Waals surface area contributed by atoms with E-state index in [1.54, 1.807) is 11.0 Å². The Bertz CT molecular complexity index is 610. The highest BCUT2D eigenvalue weighted by Crippen LogP contribution is 2.24. The molecule has 0 saturated heterocycles. The third-order valence-electron chi connectivity index (χ3n) is 2.92. The Kier molecular flexibility index (Phi) is 3.61. The van der Waals surface area contributed by atoms with Gasteiger partial charge in [0, 0.05) is 18.0 Å². The summed E-state index contributed by atoms with van der Waals surface area (Å²) in [6, 6.07) is 0. The first-order valence-corrected chi connectivity index (χ1v) is 6.50. The first-order valence-electron chi connectivity index (χ1n) is 6.50. The van der Waals surface area contributed by atoms with Gasteiger partial charge in [-0.1, -0.05) is 20.8 Å². The van der Waals surface area contributed by atoms with E-state index in [-0.39, 0.29) is 5.41 Å². The zero-order valence-corrected chi connectivity index (χ0v) is 12.6. The normalized spacial score (nSPS) is 11.7. The average molecular weight is 275 g/mol. The van der Waals surface area contributed by atoms with E-state index in [9.17, 15) is 0 Å².